The first-order valence-electron chi connectivity index (χ1n) is 6.06. The van der Waals surface area contributed by atoms with Gasteiger partial charge in [-0.2, -0.15) is 13.2 Å². The van der Waals surface area contributed by atoms with Crippen molar-refractivity contribution in [1.82, 2.24) is 4.98 Å². The molecule has 1 aromatic rings. The molecular weight excluding hydrogens is 259 g/mol. The van der Waals surface area contributed by atoms with Crippen LogP contribution in [0.15, 0.2) is 12.1 Å². The van der Waals surface area contributed by atoms with Crippen molar-refractivity contribution in [1.29, 1.82) is 0 Å². The van der Waals surface area contributed by atoms with E-state index in [0.717, 1.165) is 6.07 Å². The summed E-state index contributed by atoms with van der Waals surface area (Å²) in [6.07, 6.45) is -3.86. The van der Waals surface area contributed by atoms with E-state index in [0.29, 0.717) is 18.6 Å². The molecule has 3 nitrogen and oxygen atoms in total. The molecule has 0 atom stereocenters. The van der Waals surface area contributed by atoms with Gasteiger partial charge in [0, 0.05) is 25.7 Å². The Bertz CT molecular complexity index is 405. The van der Waals surface area contributed by atoms with E-state index >= 15 is 0 Å². The van der Waals surface area contributed by atoms with Gasteiger partial charge in [0.15, 0.2) is 0 Å². The molecule has 0 N–H and O–H groups in total. The largest absolute Gasteiger partial charge is 0.477 e. The van der Waals surface area contributed by atoms with Crippen molar-refractivity contribution in [2.45, 2.75) is 32.4 Å². The number of hydrogen-bond donors (Lipinski definition) is 0. The number of alkyl halides is 3. The molecule has 1 heterocycles. The highest BCUT2D eigenvalue weighted by Gasteiger charge is 2.33. The minimum atomic E-state index is -4.46. The maximum atomic E-state index is 12.6. The molecule has 0 aliphatic rings. The lowest BCUT2D eigenvalue weighted by atomic mass is 10.0. The number of pyridine rings is 1. The van der Waals surface area contributed by atoms with Crippen LogP contribution in [0, 0.1) is 0 Å². The Morgan fingerprint density at radius 3 is 2.42 bits per heavy atom. The third-order valence-corrected chi connectivity index (χ3v) is 2.53. The van der Waals surface area contributed by atoms with Gasteiger partial charge in [0.25, 0.3) is 0 Å². The highest BCUT2D eigenvalue weighted by Crippen LogP contribution is 2.32. The van der Waals surface area contributed by atoms with Crippen LogP contribution in [0.2, 0.25) is 0 Å². The summed E-state index contributed by atoms with van der Waals surface area (Å²) in [5, 5.41) is 0. The van der Waals surface area contributed by atoms with Crippen LogP contribution in [0.1, 0.15) is 37.4 Å². The number of aromatic nitrogens is 1. The Hall–Kier alpha value is -1.30. The van der Waals surface area contributed by atoms with Gasteiger partial charge in [0.2, 0.25) is 5.88 Å². The predicted molar refractivity (Wildman–Crippen MR) is 65.3 cm³/mol. The van der Waals surface area contributed by atoms with Crippen LogP contribution in [-0.4, -0.2) is 25.3 Å². The fourth-order valence-corrected chi connectivity index (χ4v) is 1.54. The van der Waals surface area contributed by atoms with Gasteiger partial charge in [0.05, 0.1) is 6.61 Å². The van der Waals surface area contributed by atoms with Gasteiger partial charge in [-0.1, -0.05) is 19.9 Å². The molecule has 0 aliphatic heterocycles. The predicted octanol–water partition coefficient (Wildman–Crippen LogP) is 3.64. The van der Waals surface area contributed by atoms with Crippen molar-refractivity contribution >= 4 is 0 Å². The van der Waals surface area contributed by atoms with Gasteiger partial charge in [0.1, 0.15) is 5.69 Å². The number of methoxy groups -OCH3 is 1. The fraction of sp³-hybridized carbons (Fsp3) is 0.615. The van der Waals surface area contributed by atoms with Crippen LogP contribution in [-0.2, 0) is 10.9 Å². The lowest BCUT2D eigenvalue weighted by molar-refractivity contribution is -0.141. The molecule has 0 amide bonds. The van der Waals surface area contributed by atoms with Crippen molar-refractivity contribution in [3.8, 4) is 5.88 Å². The van der Waals surface area contributed by atoms with Crippen LogP contribution >= 0.6 is 0 Å². The lowest BCUT2D eigenvalue weighted by Gasteiger charge is -2.15. The summed E-state index contributed by atoms with van der Waals surface area (Å²) < 4.78 is 48.0. The van der Waals surface area contributed by atoms with Gasteiger partial charge in [-0.3, -0.25) is 0 Å². The standard InChI is InChI=1S/C13H18F3NO2/c1-9(2)10-5-6-11(13(14,15)16)17-12(10)19-8-4-7-18-3/h5-6,9H,4,7-8H2,1-3H3. The number of ether oxygens (including phenoxy) is 2. The zero-order valence-electron chi connectivity index (χ0n) is 11.3. The Morgan fingerprint density at radius 1 is 1.21 bits per heavy atom. The first-order valence-corrected chi connectivity index (χ1v) is 6.06. The molecule has 0 bridgehead atoms. The number of hydrogen-bond acceptors (Lipinski definition) is 3. The molecule has 6 heteroatoms. The van der Waals surface area contributed by atoms with Gasteiger partial charge in [-0.25, -0.2) is 4.98 Å². The minimum Gasteiger partial charge on any atom is -0.477 e. The quantitative estimate of drug-likeness (QED) is 0.744. The summed E-state index contributed by atoms with van der Waals surface area (Å²) in [4.78, 5) is 3.57. The monoisotopic (exact) mass is 277 g/mol. The smallest absolute Gasteiger partial charge is 0.433 e. The number of halogens is 3. The van der Waals surface area contributed by atoms with Crippen LogP contribution < -0.4 is 4.74 Å². The van der Waals surface area contributed by atoms with Crippen LogP contribution in [0.3, 0.4) is 0 Å². The van der Waals surface area contributed by atoms with Crippen molar-refractivity contribution in [3.63, 3.8) is 0 Å². The molecule has 0 fully saturated rings. The van der Waals surface area contributed by atoms with Crippen molar-refractivity contribution in [3.05, 3.63) is 23.4 Å². The molecule has 0 saturated heterocycles. The summed E-state index contributed by atoms with van der Waals surface area (Å²) in [5.41, 5.74) is -0.260. The van der Waals surface area contributed by atoms with E-state index in [1.165, 1.54) is 6.07 Å². The highest BCUT2D eigenvalue weighted by molar-refractivity contribution is 5.31. The summed E-state index contributed by atoms with van der Waals surface area (Å²) >= 11 is 0. The van der Waals surface area contributed by atoms with Gasteiger partial charge in [-0.05, 0) is 12.0 Å². The van der Waals surface area contributed by atoms with E-state index in [1.54, 1.807) is 7.11 Å². The third-order valence-electron chi connectivity index (χ3n) is 2.53. The summed E-state index contributed by atoms with van der Waals surface area (Å²) in [6.45, 7) is 4.54. The molecule has 0 radical (unpaired) electrons. The average molecular weight is 277 g/mol. The molecule has 0 spiro atoms. The van der Waals surface area contributed by atoms with Gasteiger partial charge < -0.3 is 9.47 Å². The lowest BCUT2D eigenvalue weighted by Crippen LogP contribution is -2.12. The Balaban J connectivity index is 2.89. The number of rotatable bonds is 6. The molecular formula is C13H18F3NO2. The molecule has 1 aromatic heterocycles. The molecule has 19 heavy (non-hydrogen) atoms. The first-order chi connectivity index (χ1) is 8.86. The zero-order valence-corrected chi connectivity index (χ0v) is 11.3. The molecule has 0 aliphatic carbocycles. The summed E-state index contributed by atoms with van der Waals surface area (Å²) in [5.74, 6) is 0.105. The van der Waals surface area contributed by atoms with Crippen LogP contribution in [0.5, 0.6) is 5.88 Å². The topological polar surface area (TPSA) is 31.4 Å². The second-order valence-corrected chi connectivity index (χ2v) is 4.44. The molecule has 1 rings (SSSR count). The maximum Gasteiger partial charge on any atom is 0.433 e. The summed E-state index contributed by atoms with van der Waals surface area (Å²) in [6, 6.07) is 2.41. The average Bonchev–Trinajstić information content (AvgIpc) is 2.33. The van der Waals surface area contributed by atoms with Gasteiger partial charge >= 0.3 is 6.18 Å². The van der Waals surface area contributed by atoms with Crippen molar-refractivity contribution in [2.75, 3.05) is 20.3 Å². The van der Waals surface area contributed by atoms with E-state index in [-0.39, 0.29) is 18.4 Å². The van der Waals surface area contributed by atoms with E-state index in [4.69, 9.17) is 9.47 Å². The van der Waals surface area contributed by atoms with E-state index in [2.05, 4.69) is 4.98 Å². The highest BCUT2D eigenvalue weighted by atomic mass is 19.4. The molecule has 0 saturated carbocycles. The Kier molecular flexibility index (Phi) is 5.60. The molecule has 0 unspecified atom stereocenters. The van der Waals surface area contributed by atoms with Crippen molar-refractivity contribution in [2.24, 2.45) is 0 Å². The normalized spacial score (nSPS) is 11.9. The third kappa shape index (κ3) is 4.70. The van der Waals surface area contributed by atoms with E-state index < -0.39 is 11.9 Å². The number of nitrogens with zero attached hydrogens (tertiary/aromatic N) is 1. The second-order valence-electron chi connectivity index (χ2n) is 4.44. The van der Waals surface area contributed by atoms with Crippen molar-refractivity contribution < 1.29 is 22.6 Å². The fourth-order valence-electron chi connectivity index (χ4n) is 1.54. The molecule has 0 aromatic carbocycles. The first kappa shape index (κ1) is 15.8. The van der Waals surface area contributed by atoms with Crippen LogP contribution in [0.4, 0.5) is 13.2 Å². The second kappa shape index (κ2) is 6.75. The Morgan fingerprint density at radius 2 is 1.89 bits per heavy atom. The minimum absolute atomic E-state index is 0.0483. The molecule has 108 valence electrons. The maximum absolute atomic E-state index is 12.6. The van der Waals surface area contributed by atoms with Gasteiger partial charge in [-0.15, -0.1) is 0 Å². The SMILES string of the molecule is COCCCOc1nc(C(F)(F)F)ccc1C(C)C. The zero-order chi connectivity index (χ0) is 14.5. The van der Waals surface area contributed by atoms with Crippen LogP contribution in [0.25, 0.3) is 0 Å². The summed E-state index contributed by atoms with van der Waals surface area (Å²) in [7, 11) is 1.56. The Labute approximate surface area is 110 Å². The van der Waals surface area contributed by atoms with E-state index in [9.17, 15) is 13.2 Å². The van der Waals surface area contributed by atoms with E-state index in [1.807, 2.05) is 13.8 Å².